The topological polar surface area (TPSA) is 15.3 Å². The minimum Gasteiger partial charge on any atom is -0.314 e. The molecule has 1 aliphatic heterocycles. The van der Waals surface area contributed by atoms with Gasteiger partial charge in [-0.3, -0.25) is 4.90 Å². The summed E-state index contributed by atoms with van der Waals surface area (Å²) in [5.74, 6) is 0.675. The van der Waals surface area contributed by atoms with Gasteiger partial charge in [0.1, 0.15) is 0 Å². The molecule has 2 aromatic carbocycles. The number of piperazine rings is 1. The predicted octanol–water partition coefficient (Wildman–Crippen LogP) is 5.48. The Labute approximate surface area is 161 Å². The van der Waals surface area contributed by atoms with E-state index in [0.717, 1.165) is 31.2 Å². The maximum absolute atomic E-state index is 6.03. The van der Waals surface area contributed by atoms with Crippen LogP contribution in [0.1, 0.15) is 31.9 Å². The Kier molecular flexibility index (Phi) is 6.83. The molecule has 0 spiro atoms. The van der Waals surface area contributed by atoms with Crippen molar-refractivity contribution in [1.82, 2.24) is 10.2 Å². The van der Waals surface area contributed by atoms with Crippen molar-refractivity contribution < 1.29 is 0 Å². The second-order valence-corrected chi connectivity index (χ2v) is 8.58. The SMILES string of the molecule is CC(C)C[C@@H](c1ccccc1Sc1ccc(Cl)cc1)N1CCNCC1. The number of rotatable bonds is 6. The van der Waals surface area contributed by atoms with Gasteiger partial charge in [-0.2, -0.15) is 0 Å². The molecule has 0 radical (unpaired) electrons. The smallest absolute Gasteiger partial charge is 0.0406 e. The molecule has 0 unspecified atom stereocenters. The lowest BCUT2D eigenvalue weighted by Crippen LogP contribution is -2.45. The van der Waals surface area contributed by atoms with Gasteiger partial charge < -0.3 is 5.32 Å². The van der Waals surface area contributed by atoms with E-state index in [0.29, 0.717) is 12.0 Å². The van der Waals surface area contributed by atoms with Crippen LogP contribution in [0.4, 0.5) is 0 Å². The molecular formula is C21H27ClN2S. The average Bonchev–Trinajstić information content (AvgIpc) is 2.63. The van der Waals surface area contributed by atoms with Crippen molar-refractivity contribution in [2.45, 2.75) is 36.1 Å². The van der Waals surface area contributed by atoms with Gasteiger partial charge >= 0.3 is 0 Å². The fourth-order valence-corrected chi connectivity index (χ4v) is 4.51. The molecule has 0 bridgehead atoms. The van der Waals surface area contributed by atoms with E-state index in [1.165, 1.54) is 21.8 Å². The summed E-state index contributed by atoms with van der Waals surface area (Å²) in [7, 11) is 0. The molecule has 4 heteroatoms. The van der Waals surface area contributed by atoms with Crippen LogP contribution in [-0.2, 0) is 0 Å². The highest BCUT2D eigenvalue weighted by molar-refractivity contribution is 7.99. The largest absolute Gasteiger partial charge is 0.314 e. The van der Waals surface area contributed by atoms with Crippen molar-refractivity contribution in [3.63, 3.8) is 0 Å². The molecule has 0 saturated carbocycles. The maximum Gasteiger partial charge on any atom is 0.0406 e. The predicted molar refractivity (Wildman–Crippen MR) is 109 cm³/mol. The van der Waals surface area contributed by atoms with Crippen molar-refractivity contribution in [3.8, 4) is 0 Å². The van der Waals surface area contributed by atoms with Crippen molar-refractivity contribution >= 4 is 23.4 Å². The second kappa shape index (κ2) is 9.09. The molecule has 1 atom stereocenters. The molecule has 1 N–H and O–H groups in total. The summed E-state index contributed by atoms with van der Waals surface area (Å²) >= 11 is 7.87. The van der Waals surface area contributed by atoms with E-state index in [1.54, 1.807) is 0 Å². The van der Waals surface area contributed by atoms with Crippen LogP contribution in [0.5, 0.6) is 0 Å². The first-order valence-electron chi connectivity index (χ1n) is 9.10. The fraction of sp³-hybridized carbons (Fsp3) is 0.429. The molecule has 2 aromatic rings. The summed E-state index contributed by atoms with van der Waals surface area (Å²) in [5, 5.41) is 4.26. The number of nitrogens with one attached hydrogen (secondary N) is 1. The summed E-state index contributed by atoms with van der Waals surface area (Å²) in [6.45, 7) is 9.06. The highest BCUT2D eigenvalue weighted by Gasteiger charge is 2.25. The van der Waals surface area contributed by atoms with Crippen LogP contribution in [0.2, 0.25) is 5.02 Å². The first-order chi connectivity index (χ1) is 12.1. The zero-order valence-corrected chi connectivity index (χ0v) is 16.6. The third-order valence-corrected chi connectivity index (χ3v) is 5.96. The van der Waals surface area contributed by atoms with E-state index in [2.05, 4.69) is 60.5 Å². The van der Waals surface area contributed by atoms with Crippen LogP contribution in [0.15, 0.2) is 58.3 Å². The van der Waals surface area contributed by atoms with Gasteiger partial charge in [-0.1, -0.05) is 55.4 Å². The van der Waals surface area contributed by atoms with Gasteiger partial charge in [-0.15, -0.1) is 0 Å². The van der Waals surface area contributed by atoms with Gasteiger partial charge in [-0.05, 0) is 48.2 Å². The zero-order chi connectivity index (χ0) is 17.6. The van der Waals surface area contributed by atoms with E-state index < -0.39 is 0 Å². The molecule has 1 heterocycles. The Hall–Kier alpha value is -1.00. The zero-order valence-electron chi connectivity index (χ0n) is 15.0. The minimum absolute atomic E-state index is 0.484. The van der Waals surface area contributed by atoms with E-state index in [9.17, 15) is 0 Å². The fourth-order valence-electron chi connectivity index (χ4n) is 3.39. The standard InChI is InChI=1S/C21H27ClN2S/c1-16(2)15-20(24-13-11-23-12-14-24)19-5-3-4-6-21(19)25-18-9-7-17(22)8-10-18/h3-10,16,20,23H,11-15H2,1-2H3/t20-/m0/s1. The monoisotopic (exact) mass is 374 g/mol. The summed E-state index contributed by atoms with van der Waals surface area (Å²) in [5.41, 5.74) is 1.46. The van der Waals surface area contributed by atoms with Crippen LogP contribution in [0.3, 0.4) is 0 Å². The Morgan fingerprint density at radius 3 is 2.40 bits per heavy atom. The third kappa shape index (κ3) is 5.24. The number of hydrogen-bond acceptors (Lipinski definition) is 3. The van der Waals surface area contributed by atoms with Crippen LogP contribution < -0.4 is 5.32 Å². The van der Waals surface area contributed by atoms with Crippen LogP contribution >= 0.6 is 23.4 Å². The molecule has 1 aliphatic rings. The quantitative estimate of drug-likeness (QED) is 0.720. The Balaban J connectivity index is 1.88. The minimum atomic E-state index is 0.484. The number of nitrogens with zero attached hydrogens (tertiary/aromatic N) is 1. The summed E-state index contributed by atoms with van der Waals surface area (Å²) in [6.07, 6.45) is 1.19. The lowest BCUT2D eigenvalue weighted by atomic mass is 9.95. The van der Waals surface area contributed by atoms with Gasteiger partial charge in [0.2, 0.25) is 0 Å². The average molecular weight is 375 g/mol. The molecule has 3 rings (SSSR count). The second-order valence-electron chi connectivity index (χ2n) is 7.03. The first kappa shape index (κ1) is 18.8. The first-order valence-corrected chi connectivity index (χ1v) is 10.3. The molecule has 0 amide bonds. The lowest BCUT2D eigenvalue weighted by molar-refractivity contribution is 0.152. The highest BCUT2D eigenvalue weighted by atomic mass is 35.5. The molecule has 2 nitrogen and oxygen atoms in total. The molecule has 1 saturated heterocycles. The third-order valence-electron chi connectivity index (χ3n) is 4.61. The van der Waals surface area contributed by atoms with E-state index in [-0.39, 0.29) is 0 Å². The summed E-state index contributed by atoms with van der Waals surface area (Å²) in [4.78, 5) is 5.24. The van der Waals surface area contributed by atoms with Gasteiger partial charge in [0.25, 0.3) is 0 Å². The Morgan fingerprint density at radius 1 is 1.04 bits per heavy atom. The normalized spacial score (nSPS) is 17.0. The summed E-state index contributed by atoms with van der Waals surface area (Å²) < 4.78 is 0. The number of halogens is 1. The van der Waals surface area contributed by atoms with E-state index in [4.69, 9.17) is 11.6 Å². The van der Waals surface area contributed by atoms with E-state index in [1.807, 2.05) is 23.9 Å². The maximum atomic E-state index is 6.03. The number of hydrogen-bond donors (Lipinski definition) is 1. The van der Waals surface area contributed by atoms with E-state index >= 15 is 0 Å². The Morgan fingerprint density at radius 2 is 1.72 bits per heavy atom. The lowest BCUT2D eigenvalue weighted by Gasteiger charge is -2.37. The van der Waals surface area contributed by atoms with Crippen molar-refractivity contribution in [2.75, 3.05) is 26.2 Å². The molecular weight excluding hydrogens is 348 g/mol. The van der Waals surface area contributed by atoms with Gasteiger partial charge in [0, 0.05) is 47.0 Å². The van der Waals surface area contributed by atoms with Gasteiger partial charge in [0.05, 0.1) is 0 Å². The van der Waals surface area contributed by atoms with Crippen molar-refractivity contribution in [3.05, 3.63) is 59.1 Å². The molecule has 25 heavy (non-hydrogen) atoms. The van der Waals surface area contributed by atoms with Gasteiger partial charge in [-0.25, -0.2) is 0 Å². The van der Waals surface area contributed by atoms with Crippen LogP contribution in [-0.4, -0.2) is 31.1 Å². The molecule has 0 aliphatic carbocycles. The summed E-state index contributed by atoms with van der Waals surface area (Å²) in [6, 6.07) is 17.5. The highest BCUT2D eigenvalue weighted by Crippen LogP contribution is 2.38. The van der Waals surface area contributed by atoms with Crippen LogP contribution in [0.25, 0.3) is 0 Å². The molecule has 1 fully saturated rings. The molecule has 134 valence electrons. The van der Waals surface area contributed by atoms with Gasteiger partial charge in [0.15, 0.2) is 0 Å². The van der Waals surface area contributed by atoms with Crippen molar-refractivity contribution in [2.24, 2.45) is 5.92 Å². The van der Waals surface area contributed by atoms with Crippen molar-refractivity contribution in [1.29, 1.82) is 0 Å². The van der Waals surface area contributed by atoms with Crippen LogP contribution in [0, 0.1) is 5.92 Å². The number of benzene rings is 2. The molecule has 0 aromatic heterocycles. The Bertz CT molecular complexity index is 666.